The molecule has 130 valence electrons. The van der Waals surface area contributed by atoms with Crippen molar-refractivity contribution in [3.05, 3.63) is 46.8 Å². The van der Waals surface area contributed by atoms with E-state index in [2.05, 4.69) is 21.4 Å². The molecule has 2 aromatic heterocycles. The fourth-order valence-electron chi connectivity index (χ4n) is 3.31. The number of aliphatic hydroxyl groups excluding tert-OH is 1. The minimum atomic E-state index is -0.238. The number of nitriles is 1. The predicted octanol–water partition coefficient (Wildman–Crippen LogP) is 2.90. The fraction of sp³-hybridized carbons (Fsp3) is 0.421. The number of ether oxygens (including phenoxy) is 1. The number of pyridine rings is 2. The Labute approximate surface area is 147 Å². The number of methoxy groups -OCH3 is 1. The van der Waals surface area contributed by atoms with Gasteiger partial charge in [0.2, 0.25) is 5.88 Å². The van der Waals surface area contributed by atoms with Crippen LogP contribution in [-0.4, -0.2) is 28.3 Å². The van der Waals surface area contributed by atoms with E-state index in [0.29, 0.717) is 23.1 Å². The summed E-state index contributed by atoms with van der Waals surface area (Å²) in [4.78, 5) is 8.82. The molecule has 1 unspecified atom stereocenters. The molecule has 0 amide bonds. The number of hydrogen-bond acceptors (Lipinski definition) is 6. The zero-order valence-corrected chi connectivity index (χ0v) is 14.7. The van der Waals surface area contributed by atoms with Crippen molar-refractivity contribution in [2.24, 2.45) is 5.92 Å². The van der Waals surface area contributed by atoms with Crippen LogP contribution in [0.5, 0.6) is 5.88 Å². The number of aromatic nitrogens is 2. The minimum absolute atomic E-state index is 0.000965. The fourth-order valence-corrected chi connectivity index (χ4v) is 3.31. The normalized spacial score (nSPS) is 20.3. The van der Waals surface area contributed by atoms with Gasteiger partial charge >= 0.3 is 0 Å². The van der Waals surface area contributed by atoms with E-state index in [1.165, 1.54) is 0 Å². The number of aryl methyl sites for hydroxylation is 2. The summed E-state index contributed by atoms with van der Waals surface area (Å²) in [6.45, 7) is 3.75. The van der Waals surface area contributed by atoms with Gasteiger partial charge in [-0.25, -0.2) is 9.97 Å². The van der Waals surface area contributed by atoms with Gasteiger partial charge in [-0.2, -0.15) is 5.26 Å². The van der Waals surface area contributed by atoms with Crippen molar-refractivity contribution in [1.29, 1.82) is 5.26 Å². The van der Waals surface area contributed by atoms with Gasteiger partial charge in [0.15, 0.2) is 0 Å². The highest BCUT2D eigenvalue weighted by Crippen LogP contribution is 2.40. The van der Waals surface area contributed by atoms with E-state index in [0.717, 1.165) is 29.8 Å². The van der Waals surface area contributed by atoms with Crippen LogP contribution < -0.4 is 10.1 Å². The van der Waals surface area contributed by atoms with Crippen LogP contribution >= 0.6 is 0 Å². The van der Waals surface area contributed by atoms with Crippen LogP contribution in [0.15, 0.2) is 24.4 Å². The van der Waals surface area contributed by atoms with E-state index in [-0.39, 0.29) is 12.1 Å². The third kappa shape index (κ3) is 3.57. The average Bonchev–Trinajstić information content (AvgIpc) is 2.57. The third-order valence-corrected chi connectivity index (χ3v) is 4.76. The highest BCUT2D eigenvalue weighted by atomic mass is 16.5. The SMILES string of the molecule is COc1ccc(C(Nc2cc(C)c(C#N)c(C)n2)C2CC(O)C2)cn1. The van der Waals surface area contributed by atoms with E-state index in [1.807, 2.05) is 32.0 Å². The molecule has 1 saturated carbocycles. The second-order valence-electron chi connectivity index (χ2n) is 6.54. The molecule has 0 spiro atoms. The van der Waals surface area contributed by atoms with Crippen molar-refractivity contribution in [3.63, 3.8) is 0 Å². The number of rotatable bonds is 5. The lowest BCUT2D eigenvalue weighted by Crippen LogP contribution is -2.36. The van der Waals surface area contributed by atoms with Gasteiger partial charge in [0, 0.05) is 12.3 Å². The van der Waals surface area contributed by atoms with Gasteiger partial charge in [0.1, 0.15) is 11.9 Å². The van der Waals surface area contributed by atoms with Crippen LogP contribution in [0.3, 0.4) is 0 Å². The molecule has 2 heterocycles. The maximum absolute atomic E-state index is 9.70. The van der Waals surface area contributed by atoms with Crippen LogP contribution in [0, 0.1) is 31.1 Å². The van der Waals surface area contributed by atoms with E-state index in [9.17, 15) is 10.4 Å². The lowest BCUT2D eigenvalue weighted by atomic mass is 9.75. The quantitative estimate of drug-likeness (QED) is 0.871. The predicted molar refractivity (Wildman–Crippen MR) is 94.3 cm³/mol. The summed E-state index contributed by atoms with van der Waals surface area (Å²) in [7, 11) is 1.59. The first-order chi connectivity index (χ1) is 12.0. The van der Waals surface area contributed by atoms with Gasteiger partial charge < -0.3 is 15.2 Å². The molecule has 1 aliphatic carbocycles. The summed E-state index contributed by atoms with van der Waals surface area (Å²) in [5.41, 5.74) is 3.26. The van der Waals surface area contributed by atoms with Crippen molar-refractivity contribution in [2.75, 3.05) is 12.4 Å². The van der Waals surface area contributed by atoms with Gasteiger partial charge in [-0.05, 0) is 49.8 Å². The summed E-state index contributed by atoms with van der Waals surface area (Å²) in [6, 6.07) is 7.91. The summed E-state index contributed by atoms with van der Waals surface area (Å²) in [6.07, 6.45) is 3.05. The lowest BCUT2D eigenvalue weighted by molar-refractivity contribution is 0.0338. The summed E-state index contributed by atoms with van der Waals surface area (Å²) in [5.74, 6) is 1.61. The zero-order chi connectivity index (χ0) is 18.0. The Balaban J connectivity index is 1.89. The van der Waals surface area contributed by atoms with E-state index >= 15 is 0 Å². The Morgan fingerprint density at radius 2 is 2.12 bits per heavy atom. The number of anilines is 1. The molecule has 25 heavy (non-hydrogen) atoms. The molecule has 6 heteroatoms. The average molecular weight is 338 g/mol. The van der Waals surface area contributed by atoms with Gasteiger partial charge in [-0.1, -0.05) is 6.07 Å². The first kappa shape index (κ1) is 17.2. The van der Waals surface area contributed by atoms with Gasteiger partial charge in [-0.15, -0.1) is 0 Å². The van der Waals surface area contributed by atoms with Crippen molar-refractivity contribution >= 4 is 5.82 Å². The molecular formula is C19H22N4O2. The van der Waals surface area contributed by atoms with Crippen LogP contribution in [0.4, 0.5) is 5.82 Å². The zero-order valence-electron chi connectivity index (χ0n) is 14.7. The lowest BCUT2D eigenvalue weighted by Gasteiger charge is -2.38. The highest BCUT2D eigenvalue weighted by Gasteiger charge is 2.35. The van der Waals surface area contributed by atoms with E-state index < -0.39 is 0 Å². The van der Waals surface area contributed by atoms with Crippen molar-refractivity contribution in [1.82, 2.24) is 9.97 Å². The molecule has 1 atom stereocenters. The molecule has 0 aromatic carbocycles. The van der Waals surface area contributed by atoms with Crippen LogP contribution in [-0.2, 0) is 0 Å². The maximum Gasteiger partial charge on any atom is 0.212 e. The van der Waals surface area contributed by atoms with Crippen molar-refractivity contribution in [3.8, 4) is 11.9 Å². The van der Waals surface area contributed by atoms with Gasteiger partial charge in [0.25, 0.3) is 0 Å². The molecule has 3 rings (SSSR count). The third-order valence-electron chi connectivity index (χ3n) is 4.76. The first-order valence-electron chi connectivity index (χ1n) is 8.34. The molecule has 0 bridgehead atoms. The van der Waals surface area contributed by atoms with E-state index in [4.69, 9.17) is 4.74 Å². The van der Waals surface area contributed by atoms with Gasteiger partial charge in [0.05, 0.1) is 30.5 Å². The number of nitrogens with zero attached hydrogens (tertiary/aromatic N) is 3. The molecule has 2 aromatic rings. The summed E-state index contributed by atoms with van der Waals surface area (Å²) in [5, 5.41) is 22.4. The summed E-state index contributed by atoms with van der Waals surface area (Å²) >= 11 is 0. The minimum Gasteiger partial charge on any atom is -0.481 e. The number of hydrogen-bond donors (Lipinski definition) is 2. The Morgan fingerprint density at radius 1 is 1.36 bits per heavy atom. The molecule has 0 aliphatic heterocycles. The standard InChI is InChI=1S/C19H22N4O2/c1-11-6-17(22-12(2)16(11)9-20)23-19(14-7-15(24)8-14)13-4-5-18(25-3)21-10-13/h4-6,10,14-15,19,24H,7-8H2,1-3H3,(H,22,23). The second-order valence-corrected chi connectivity index (χ2v) is 6.54. The molecule has 0 saturated heterocycles. The Hall–Kier alpha value is -2.65. The summed E-state index contributed by atoms with van der Waals surface area (Å²) < 4.78 is 5.13. The Morgan fingerprint density at radius 3 is 2.64 bits per heavy atom. The Bertz CT molecular complexity index is 769. The second kappa shape index (κ2) is 7.08. The van der Waals surface area contributed by atoms with Crippen LogP contribution in [0.1, 0.15) is 41.3 Å². The molecule has 6 nitrogen and oxygen atoms in total. The Kier molecular flexibility index (Phi) is 4.86. The highest BCUT2D eigenvalue weighted by molar-refractivity contribution is 5.50. The van der Waals surface area contributed by atoms with Gasteiger partial charge in [-0.3, -0.25) is 0 Å². The molecular weight excluding hydrogens is 316 g/mol. The largest absolute Gasteiger partial charge is 0.481 e. The smallest absolute Gasteiger partial charge is 0.212 e. The first-order valence-corrected chi connectivity index (χ1v) is 8.34. The number of nitrogens with one attached hydrogen (secondary N) is 1. The maximum atomic E-state index is 9.70. The van der Waals surface area contributed by atoms with E-state index in [1.54, 1.807) is 13.3 Å². The molecule has 1 aliphatic rings. The number of aliphatic hydroxyl groups is 1. The monoisotopic (exact) mass is 338 g/mol. The van der Waals surface area contributed by atoms with Crippen molar-refractivity contribution in [2.45, 2.75) is 38.8 Å². The molecule has 2 N–H and O–H groups in total. The molecule has 0 radical (unpaired) electrons. The van der Waals surface area contributed by atoms with Crippen LogP contribution in [0.25, 0.3) is 0 Å². The topological polar surface area (TPSA) is 91.1 Å². The molecule has 1 fully saturated rings. The van der Waals surface area contributed by atoms with Crippen molar-refractivity contribution < 1.29 is 9.84 Å². The van der Waals surface area contributed by atoms with Crippen LogP contribution in [0.2, 0.25) is 0 Å².